The van der Waals surface area contributed by atoms with Crippen LogP contribution in [0.15, 0.2) is 42.2 Å². The van der Waals surface area contributed by atoms with Crippen molar-refractivity contribution in [2.45, 2.75) is 13.8 Å². The van der Waals surface area contributed by atoms with Crippen molar-refractivity contribution in [3.63, 3.8) is 0 Å². The van der Waals surface area contributed by atoms with Crippen LogP contribution in [0.5, 0.6) is 11.5 Å². The first kappa shape index (κ1) is 19.5. The Morgan fingerprint density at radius 1 is 1.04 bits per heavy atom. The van der Waals surface area contributed by atoms with E-state index >= 15 is 0 Å². The molecule has 0 saturated heterocycles. The van der Waals surface area contributed by atoms with Gasteiger partial charge < -0.3 is 14.8 Å². The Kier molecular flexibility index (Phi) is 5.67. The number of benzene rings is 2. The molecular formula is C20H18F3N3O2. The predicted octanol–water partition coefficient (Wildman–Crippen LogP) is 5.14. The molecular weight excluding hydrogens is 371 g/mol. The molecule has 1 heterocycles. The lowest BCUT2D eigenvalue weighted by Gasteiger charge is -2.13. The lowest BCUT2D eigenvalue weighted by Crippen LogP contribution is -2.01. The van der Waals surface area contributed by atoms with Crippen molar-refractivity contribution in [3.05, 3.63) is 59.7 Å². The zero-order valence-electron chi connectivity index (χ0n) is 15.5. The summed E-state index contributed by atoms with van der Waals surface area (Å²) in [7, 11) is 1.51. The maximum absolute atomic E-state index is 13.5. The van der Waals surface area contributed by atoms with Gasteiger partial charge in [-0.2, -0.15) is 0 Å². The van der Waals surface area contributed by atoms with Crippen molar-refractivity contribution in [2.24, 2.45) is 0 Å². The van der Waals surface area contributed by atoms with Crippen molar-refractivity contribution in [2.75, 3.05) is 19.0 Å². The fourth-order valence-electron chi connectivity index (χ4n) is 2.50. The fraction of sp³-hybridized carbons (Fsp3) is 0.200. The molecule has 0 radical (unpaired) electrons. The molecule has 0 aliphatic carbocycles. The maximum atomic E-state index is 13.5. The monoisotopic (exact) mass is 389 g/mol. The van der Waals surface area contributed by atoms with Crippen molar-refractivity contribution >= 4 is 22.4 Å². The van der Waals surface area contributed by atoms with E-state index in [2.05, 4.69) is 15.3 Å². The van der Waals surface area contributed by atoms with Crippen LogP contribution in [0.4, 0.5) is 24.7 Å². The van der Waals surface area contributed by atoms with Gasteiger partial charge in [0.15, 0.2) is 29.0 Å². The molecule has 0 aliphatic rings. The van der Waals surface area contributed by atoms with E-state index in [1.165, 1.54) is 13.4 Å². The number of methoxy groups -OCH3 is 1. The minimum atomic E-state index is -1.53. The highest BCUT2D eigenvalue weighted by molar-refractivity contribution is 5.93. The van der Waals surface area contributed by atoms with E-state index in [4.69, 9.17) is 9.47 Å². The van der Waals surface area contributed by atoms with Crippen LogP contribution < -0.4 is 14.8 Å². The van der Waals surface area contributed by atoms with Gasteiger partial charge in [-0.3, -0.25) is 0 Å². The van der Waals surface area contributed by atoms with Crippen molar-refractivity contribution in [3.8, 4) is 11.5 Å². The number of hydrogen-bond donors (Lipinski definition) is 1. The number of anilines is 2. The molecule has 28 heavy (non-hydrogen) atoms. The average molecular weight is 389 g/mol. The van der Waals surface area contributed by atoms with Gasteiger partial charge in [-0.1, -0.05) is 5.57 Å². The summed E-state index contributed by atoms with van der Waals surface area (Å²) in [5.41, 5.74) is 1.65. The van der Waals surface area contributed by atoms with Gasteiger partial charge in [0.1, 0.15) is 18.8 Å². The SMILES string of the molecule is COc1cc2ncnc(Nc3cc(F)c(F)c(F)c3)c2cc1OCC=C(C)C. The van der Waals surface area contributed by atoms with E-state index in [-0.39, 0.29) is 11.5 Å². The van der Waals surface area contributed by atoms with Gasteiger partial charge in [0.2, 0.25) is 0 Å². The zero-order valence-corrected chi connectivity index (χ0v) is 15.5. The zero-order chi connectivity index (χ0) is 20.3. The maximum Gasteiger partial charge on any atom is 0.194 e. The Morgan fingerprint density at radius 2 is 1.75 bits per heavy atom. The average Bonchev–Trinajstić information content (AvgIpc) is 2.65. The standard InChI is InChI=1S/C20H18F3N3O2/c1-11(2)4-5-28-18-8-13-16(9-17(18)27-3)24-10-25-20(13)26-12-6-14(21)19(23)15(22)7-12/h4,6-10H,5H2,1-3H3,(H,24,25,26). The van der Waals surface area contributed by atoms with Crippen LogP contribution in [-0.4, -0.2) is 23.7 Å². The van der Waals surface area contributed by atoms with Crippen molar-refractivity contribution < 1.29 is 22.6 Å². The van der Waals surface area contributed by atoms with E-state index in [9.17, 15) is 13.2 Å². The first-order chi connectivity index (χ1) is 13.4. The summed E-state index contributed by atoms with van der Waals surface area (Å²) in [6.07, 6.45) is 3.21. The van der Waals surface area contributed by atoms with Gasteiger partial charge in [0, 0.05) is 29.3 Å². The summed E-state index contributed by atoms with van der Waals surface area (Å²) >= 11 is 0. The molecule has 0 atom stereocenters. The Morgan fingerprint density at radius 3 is 2.39 bits per heavy atom. The van der Waals surface area contributed by atoms with Crippen LogP contribution >= 0.6 is 0 Å². The molecule has 0 saturated carbocycles. The molecule has 3 aromatic rings. The number of rotatable bonds is 6. The molecule has 1 N–H and O–H groups in total. The second-order valence-electron chi connectivity index (χ2n) is 6.21. The molecule has 5 nitrogen and oxygen atoms in total. The Labute approximate surface area is 159 Å². The summed E-state index contributed by atoms with van der Waals surface area (Å²) in [4.78, 5) is 8.30. The van der Waals surface area contributed by atoms with Gasteiger partial charge in [-0.25, -0.2) is 23.1 Å². The topological polar surface area (TPSA) is 56.3 Å². The van der Waals surface area contributed by atoms with Gasteiger partial charge in [-0.15, -0.1) is 0 Å². The van der Waals surface area contributed by atoms with E-state index in [0.29, 0.717) is 29.0 Å². The minimum Gasteiger partial charge on any atom is -0.493 e. The predicted molar refractivity (Wildman–Crippen MR) is 101 cm³/mol. The number of aromatic nitrogens is 2. The van der Waals surface area contributed by atoms with Crippen LogP contribution in [0.2, 0.25) is 0 Å². The third kappa shape index (κ3) is 4.16. The molecule has 0 bridgehead atoms. The molecule has 0 unspecified atom stereocenters. The van der Waals surface area contributed by atoms with Crippen LogP contribution in [0.3, 0.4) is 0 Å². The fourth-order valence-corrected chi connectivity index (χ4v) is 2.50. The quantitative estimate of drug-likeness (QED) is 0.467. The third-order valence-corrected chi connectivity index (χ3v) is 3.90. The first-order valence-corrected chi connectivity index (χ1v) is 8.39. The van der Waals surface area contributed by atoms with E-state index in [0.717, 1.165) is 17.7 Å². The van der Waals surface area contributed by atoms with Crippen molar-refractivity contribution in [1.82, 2.24) is 9.97 Å². The van der Waals surface area contributed by atoms with E-state index in [1.807, 2.05) is 19.9 Å². The van der Waals surface area contributed by atoms with Gasteiger partial charge in [0.05, 0.1) is 12.6 Å². The lowest BCUT2D eigenvalue weighted by molar-refractivity contribution is 0.326. The van der Waals surface area contributed by atoms with E-state index in [1.54, 1.807) is 12.1 Å². The minimum absolute atomic E-state index is 0.0132. The smallest absolute Gasteiger partial charge is 0.194 e. The number of allylic oxidation sites excluding steroid dienone is 1. The second kappa shape index (κ2) is 8.16. The Bertz CT molecular complexity index is 1030. The highest BCUT2D eigenvalue weighted by Crippen LogP contribution is 2.35. The Hall–Kier alpha value is -3.29. The highest BCUT2D eigenvalue weighted by atomic mass is 19.2. The molecule has 0 amide bonds. The number of halogens is 3. The molecule has 0 fully saturated rings. The summed E-state index contributed by atoms with van der Waals surface area (Å²) in [6.45, 7) is 4.25. The lowest BCUT2D eigenvalue weighted by atomic mass is 10.2. The summed E-state index contributed by atoms with van der Waals surface area (Å²) in [5, 5.41) is 3.33. The molecule has 8 heteroatoms. The highest BCUT2D eigenvalue weighted by Gasteiger charge is 2.14. The van der Waals surface area contributed by atoms with Crippen molar-refractivity contribution in [1.29, 1.82) is 0 Å². The Balaban J connectivity index is 2.02. The number of fused-ring (bicyclic) bond motifs is 1. The van der Waals surface area contributed by atoms with Crippen LogP contribution in [-0.2, 0) is 0 Å². The molecule has 3 rings (SSSR count). The van der Waals surface area contributed by atoms with Crippen LogP contribution in [0, 0.1) is 17.5 Å². The molecule has 0 aliphatic heterocycles. The van der Waals surface area contributed by atoms with Crippen LogP contribution in [0.1, 0.15) is 13.8 Å². The van der Waals surface area contributed by atoms with Gasteiger partial charge in [0.25, 0.3) is 0 Å². The number of nitrogens with one attached hydrogen (secondary N) is 1. The summed E-state index contributed by atoms with van der Waals surface area (Å²) in [6, 6.07) is 5.04. The number of nitrogens with zero attached hydrogens (tertiary/aromatic N) is 2. The van der Waals surface area contributed by atoms with E-state index < -0.39 is 17.5 Å². The van der Waals surface area contributed by atoms with Crippen LogP contribution in [0.25, 0.3) is 10.9 Å². The summed E-state index contributed by atoms with van der Waals surface area (Å²) < 4.78 is 51.3. The molecule has 2 aromatic carbocycles. The number of hydrogen-bond acceptors (Lipinski definition) is 5. The van der Waals surface area contributed by atoms with Gasteiger partial charge >= 0.3 is 0 Å². The first-order valence-electron chi connectivity index (χ1n) is 8.39. The molecule has 0 spiro atoms. The molecule has 1 aromatic heterocycles. The third-order valence-electron chi connectivity index (χ3n) is 3.90. The largest absolute Gasteiger partial charge is 0.493 e. The molecule has 146 valence electrons. The number of ether oxygens (including phenoxy) is 2. The van der Waals surface area contributed by atoms with Gasteiger partial charge in [-0.05, 0) is 26.0 Å². The summed E-state index contributed by atoms with van der Waals surface area (Å²) in [5.74, 6) is -2.90. The normalized spacial score (nSPS) is 10.6. The second-order valence-corrected chi connectivity index (χ2v) is 6.21.